The summed E-state index contributed by atoms with van der Waals surface area (Å²) >= 11 is 1.69. The van der Waals surface area contributed by atoms with Crippen molar-refractivity contribution in [3.05, 3.63) is 22.4 Å². The van der Waals surface area contributed by atoms with Gasteiger partial charge in [0.1, 0.15) is 0 Å². The Kier molecular flexibility index (Phi) is 6.83. The fraction of sp³-hybridized carbons (Fsp3) is 0.643. The van der Waals surface area contributed by atoms with Crippen LogP contribution in [0.1, 0.15) is 31.7 Å². The molecule has 5 heteroatoms. The van der Waals surface area contributed by atoms with Gasteiger partial charge >= 0.3 is 0 Å². The number of hydrogen-bond donors (Lipinski definition) is 1. The van der Waals surface area contributed by atoms with Crippen LogP contribution in [0.25, 0.3) is 0 Å². The molecule has 0 radical (unpaired) electrons. The standard InChI is InChI=1S/C14H22N2OS.ClH/c1-11(15)13-3-2-7-16(9-13)14(17)5-4-12-6-8-18-10-12;/h6,8,10-11,13H,2-5,7,9,15H2,1H3;1H. The number of nitrogens with zero attached hydrogens (tertiary/aromatic N) is 1. The molecule has 2 heterocycles. The van der Waals surface area contributed by atoms with E-state index in [-0.39, 0.29) is 24.4 Å². The highest BCUT2D eigenvalue weighted by molar-refractivity contribution is 7.07. The molecule has 2 rings (SSSR count). The lowest BCUT2D eigenvalue weighted by Gasteiger charge is -2.34. The molecular weight excluding hydrogens is 280 g/mol. The Bertz CT molecular complexity index is 381. The van der Waals surface area contributed by atoms with Crippen LogP contribution in [0.4, 0.5) is 0 Å². The van der Waals surface area contributed by atoms with Crippen molar-refractivity contribution >= 4 is 29.7 Å². The van der Waals surface area contributed by atoms with Crippen LogP contribution in [0.2, 0.25) is 0 Å². The number of halogens is 1. The molecule has 0 bridgehead atoms. The van der Waals surface area contributed by atoms with Crippen LogP contribution >= 0.6 is 23.7 Å². The van der Waals surface area contributed by atoms with Crippen LogP contribution in [0.5, 0.6) is 0 Å². The number of thiophene rings is 1. The van der Waals surface area contributed by atoms with E-state index < -0.39 is 0 Å². The Morgan fingerprint density at radius 3 is 3.05 bits per heavy atom. The fourth-order valence-electron chi connectivity index (χ4n) is 2.51. The number of hydrogen-bond acceptors (Lipinski definition) is 3. The van der Waals surface area contributed by atoms with Crippen LogP contribution in [0.15, 0.2) is 16.8 Å². The third-order valence-corrected chi connectivity index (χ3v) is 4.49. The summed E-state index contributed by atoms with van der Waals surface area (Å²) in [6.07, 6.45) is 3.74. The van der Waals surface area contributed by atoms with Crippen molar-refractivity contribution in [2.75, 3.05) is 13.1 Å². The second-order valence-electron chi connectivity index (χ2n) is 5.23. The van der Waals surface area contributed by atoms with Gasteiger partial charge in [0.15, 0.2) is 0 Å². The average molecular weight is 303 g/mol. The van der Waals surface area contributed by atoms with Crippen molar-refractivity contribution in [2.24, 2.45) is 11.7 Å². The van der Waals surface area contributed by atoms with Gasteiger partial charge in [-0.15, -0.1) is 12.4 Å². The largest absolute Gasteiger partial charge is 0.342 e. The lowest BCUT2D eigenvalue weighted by molar-refractivity contribution is -0.133. The number of aryl methyl sites for hydroxylation is 1. The second kappa shape index (κ2) is 7.88. The third kappa shape index (κ3) is 4.79. The van der Waals surface area contributed by atoms with Gasteiger partial charge in [-0.2, -0.15) is 11.3 Å². The van der Waals surface area contributed by atoms with Crippen LogP contribution in [0.3, 0.4) is 0 Å². The fourth-order valence-corrected chi connectivity index (χ4v) is 3.21. The van der Waals surface area contributed by atoms with Crippen molar-refractivity contribution in [1.82, 2.24) is 4.90 Å². The summed E-state index contributed by atoms with van der Waals surface area (Å²) < 4.78 is 0. The zero-order valence-corrected chi connectivity index (χ0v) is 13.0. The first-order valence-corrected chi connectivity index (χ1v) is 7.65. The lowest BCUT2D eigenvalue weighted by atomic mass is 9.92. The van der Waals surface area contributed by atoms with Gasteiger partial charge in [-0.1, -0.05) is 0 Å². The van der Waals surface area contributed by atoms with E-state index in [0.29, 0.717) is 12.3 Å². The highest BCUT2D eigenvalue weighted by Crippen LogP contribution is 2.20. The minimum atomic E-state index is 0. The quantitative estimate of drug-likeness (QED) is 0.929. The Balaban J connectivity index is 0.00000180. The molecule has 108 valence electrons. The molecule has 1 aliphatic heterocycles. The molecular formula is C14H23ClN2OS. The van der Waals surface area contributed by atoms with E-state index in [2.05, 4.69) is 16.8 Å². The maximum atomic E-state index is 12.1. The van der Waals surface area contributed by atoms with E-state index in [4.69, 9.17) is 5.73 Å². The summed E-state index contributed by atoms with van der Waals surface area (Å²) in [6, 6.07) is 2.29. The molecule has 0 saturated carbocycles. The van der Waals surface area contributed by atoms with E-state index in [1.807, 2.05) is 11.8 Å². The van der Waals surface area contributed by atoms with Gasteiger partial charge in [0, 0.05) is 25.6 Å². The smallest absolute Gasteiger partial charge is 0.222 e. The Hall–Kier alpha value is -0.580. The minimum absolute atomic E-state index is 0. The number of amides is 1. The van der Waals surface area contributed by atoms with Crippen molar-refractivity contribution < 1.29 is 4.79 Å². The first-order valence-electron chi connectivity index (χ1n) is 6.71. The molecule has 2 unspecified atom stereocenters. The summed E-state index contributed by atoms with van der Waals surface area (Å²) in [5, 5.41) is 4.18. The van der Waals surface area contributed by atoms with E-state index in [1.54, 1.807) is 11.3 Å². The second-order valence-corrected chi connectivity index (χ2v) is 6.01. The molecule has 1 fully saturated rings. The summed E-state index contributed by atoms with van der Waals surface area (Å²) in [5.41, 5.74) is 7.22. The molecule has 0 aromatic carbocycles. The molecule has 0 spiro atoms. The van der Waals surface area contributed by atoms with E-state index >= 15 is 0 Å². The molecule has 3 nitrogen and oxygen atoms in total. The van der Waals surface area contributed by atoms with Crippen LogP contribution < -0.4 is 5.73 Å². The summed E-state index contributed by atoms with van der Waals surface area (Å²) in [7, 11) is 0. The molecule has 1 amide bonds. The average Bonchev–Trinajstić information content (AvgIpc) is 2.89. The van der Waals surface area contributed by atoms with Crippen molar-refractivity contribution in [1.29, 1.82) is 0 Å². The van der Waals surface area contributed by atoms with Gasteiger partial charge < -0.3 is 10.6 Å². The highest BCUT2D eigenvalue weighted by atomic mass is 35.5. The molecule has 0 aliphatic carbocycles. The Labute approximate surface area is 125 Å². The SMILES string of the molecule is CC(N)C1CCCN(C(=O)CCc2ccsc2)C1.Cl. The number of likely N-dealkylation sites (tertiary alicyclic amines) is 1. The Morgan fingerprint density at radius 1 is 1.63 bits per heavy atom. The zero-order valence-electron chi connectivity index (χ0n) is 11.4. The van der Waals surface area contributed by atoms with E-state index in [1.165, 1.54) is 5.56 Å². The minimum Gasteiger partial charge on any atom is -0.342 e. The summed E-state index contributed by atoms with van der Waals surface area (Å²) in [6.45, 7) is 3.80. The number of carbonyl (C=O) groups is 1. The van der Waals surface area contributed by atoms with Gasteiger partial charge in [-0.3, -0.25) is 4.79 Å². The van der Waals surface area contributed by atoms with Gasteiger partial charge in [0.2, 0.25) is 5.91 Å². The molecule has 1 saturated heterocycles. The molecule has 2 atom stereocenters. The van der Waals surface area contributed by atoms with Crippen molar-refractivity contribution in [2.45, 2.75) is 38.6 Å². The van der Waals surface area contributed by atoms with Gasteiger partial charge in [-0.05, 0) is 54.5 Å². The molecule has 2 N–H and O–H groups in total. The normalized spacial score (nSPS) is 20.7. The first kappa shape index (κ1) is 16.5. The third-order valence-electron chi connectivity index (χ3n) is 3.76. The summed E-state index contributed by atoms with van der Waals surface area (Å²) in [4.78, 5) is 14.2. The lowest BCUT2D eigenvalue weighted by Crippen LogP contribution is -2.45. The maximum Gasteiger partial charge on any atom is 0.222 e. The number of piperidine rings is 1. The van der Waals surface area contributed by atoms with Crippen LogP contribution in [-0.2, 0) is 11.2 Å². The van der Waals surface area contributed by atoms with E-state index in [0.717, 1.165) is 32.4 Å². The molecule has 1 aromatic heterocycles. The van der Waals surface area contributed by atoms with Gasteiger partial charge in [0.05, 0.1) is 0 Å². The zero-order chi connectivity index (χ0) is 13.0. The Morgan fingerprint density at radius 2 is 2.42 bits per heavy atom. The summed E-state index contributed by atoms with van der Waals surface area (Å²) in [5.74, 6) is 0.760. The number of rotatable bonds is 4. The molecule has 1 aromatic rings. The monoisotopic (exact) mass is 302 g/mol. The van der Waals surface area contributed by atoms with Crippen molar-refractivity contribution in [3.8, 4) is 0 Å². The van der Waals surface area contributed by atoms with Gasteiger partial charge in [0.25, 0.3) is 0 Å². The number of nitrogens with two attached hydrogens (primary N) is 1. The molecule has 19 heavy (non-hydrogen) atoms. The highest BCUT2D eigenvalue weighted by Gasteiger charge is 2.25. The van der Waals surface area contributed by atoms with Crippen LogP contribution in [-0.4, -0.2) is 29.9 Å². The van der Waals surface area contributed by atoms with Gasteiger partial charge in [-0.25, -0.2) is 0 Å². The van der Waals surface area contributed by atoms with Crippen LogP contribution in [0, 0.1) is 5.92 Å². The molecule has 1 aliphatic rings. The predicted molar refractivity (Wildman–Crippen MR) is 82.8 cm³/mol. The topological polar surface area (TPSA) is 46.3 Å². The van der Waals surface area contributed by atoms with E-state index in [9.17, 15) is 4.79 Å². The van der Waals surface area contributed by atoms with Crippen molar-refractivity contribution in [3.63, 3.8) is 0 Å². The predicted octanol–water partition coefficient (Wildman–Crippen LogP) is 2.69. The number of carbonyl (C=O) groups excluding carboxylic acids is 1. The maximum absolute atomic E-state index is 12.1. The first-order chi connectivity index (χ1) is 8.66.